The van der Waals surface area contributed by atoms with Gasteiger partial charge in [0.1, 0.15) is 0 Å². The van der Waals surface area contributed by atoms with Crippen LogP contribution in [0.4, 0.5) is 5.82 Å². The Kier molecular flexibility index (Phi) is 4.34. The molecule has 1 aliphatic carbocycles. The monoisotopic (exact) mass is 337 g/mol. The van der Waals surface area contributed by atoms with Crippen molar-refractivity contribution in [1.82, 2.24) is 20.1 Å². The van der Waals surface area contributed by atoms with Crippen molar-refractivity contribution >= 4 is 11.7 Å². The van der Waals surface area contributed by atoms with E-state index >= 15 is 0 Å². The summed E-state index contributed by atoms with van der Waals surface area (Å²) in [6.45, 7) is 1.54. The van der Waals surface area contributed by atoms with Crippen molar-refractivity contribution in [2.24, 2.45) is 0 Å². The van der Waals surface area contributed by atoms with Gasteiger partial charge in [-0.3, -0.25) is 9.78 Å². The molecule has 4 rings (SSSR count). The van der Waals surface area contributed by atoms with E-state index in [0.29, 0.717) is 12.0 Å². The summed E-state index contributed by atoms with van der Waals surface area (Å²) in [4.78, 5) is 21.6. The number of carbonyl (C=O) groups excluding carboxylic acids is 1. The molecule has 0 aromatic carbocycles. The SMILES string of the molecule is CN(c1cccnn1)C1CCN(C(=O)c2cccnc2C2CC2)CC1. The molecule has 1 saturated heterocycles. The van der Waals surface area contributed by atoms with Crippen LogP contribution in [0.15, 0.2) is 36.7 Å². The zero-order chi connectivity index (χ0) is 17.2. The van der Waals surface area contributed by atoms with Gasteiger partial charge < -0.3 is 9.80 Å². The summed E-state index contributed by atoms with van der Waals surface area (Å²) in [6.07, 6.45) is 7.68. The molecule has 2 fully saturated rings. The van der Waals surface area contributed by atoms with Crippen molar-refractivity contribution in [3.63, 3.8) is 0 Å². The summed E-state index contributed by atoms with van der Waals surface area (Å²) in [5.41, 5.74) is 1.79. The van der Waals surface area contributed by atoms with Crippen molar-refractivity contribution in [3.8, 4) is 0 Å². The number of nitrogens with zero attached hydrogens (tertiary/aromatic N) is 5. The number of carbonyl (C=O) groups is 1. The molecule has 0 unspecified atom stereocenters. The molecule has 1 amide bonds. The van der Waals surface area contributed by atoms with E-state index < -0.39 is 0 Å². The first-order valence-electron chi connectivity index (χ1n) is 8.99. The number of piperidine rings is 1. The summed E-state index contributed by atoms with van der Waals surface area (Å²) in [7, 11) is 2.05. The molecular weight excluding hydrogens is 314 g/mol. The van der Waals surface area contributed by atoms with E-state index in [0.717, 1.165) is 55.8 Å². The van der Waals surface area contributed by atoms with Gasteiger partial charge in [0.15, 0.2) is 5.82 Å². The second kappa shape index (κ2) is 6.78. The third-order valence-electron chi connectivity index (χ3n) is 5.25. The number of rotatable bonds is 4. The van der Waals surface area contributed by atoms with E-state index in [2.05, 4.69) is 27.1 Å². The Morgan fingerprint density at radius 2 is 1.88 bits per heavy atom. The lowest BCUT2D eigenvalue weighted by atomic mass is 10.0. The molecule has 0 spiro atoms. The fourth-order valence-corrected chi connectivity index (χ4v) is 3.58. The van der Waals surface area contributed by atoms with E-state index in [1.807, 2.05) is 29.2 Å². The van der Waals surface area contributed by atoms with Gasteiger partial charge in [-0.25, -0.2) is 0 Å². The van der Waals surface area contributed by atoms with Crippen LogP contribution in [-0.4, -0.2) is 52.2 Å². The van der Waals surface area contributed by atoms with Gasteiger partial charge in [-0.15, -0.1) is 5.10 Å². The topological polar surface area (TPSA) is 62.2 Å². The van der Waals surface area contributed by atoms with Crippen molar-refractivity contribution in [2.45, 2.75) is 37.6 Å². The summed E-state index contributed by atoms with van der Waals surface area (Å²) in [5.74, 6) is 1.51. The Morgan fingerprint density at radius 3 is 2.56 bits per heavy atom. The third kappa shape index (κ3) is 3.34. The van der Waals surface area contributed by atoms with Crippen LogP contribution in [0.5, 0.6) is 0 Å². The maximum absolute atomic E-state index is 12.9. The molecule has 6 nitrogen and oxygen atoms in total. The number of pyridine rings is 1. The quantitative estimate of drug-likeness (QED) is 0.858. The minimum Gasteiger partial charge on any atom is -0.355 e. The summed E-state index contributed by atoms with van der Waals surface area (Å²) in [6, 6.07) is 8.06. The molecule has 2 aliphatic rings. The van der Waals surface area contributed by atoms with E-state index in [4.69, 9.17) is 0 Å². The fraction of sp³-hybridized carbons (Fsp3) is 0.474. The van der Waals surface area contributed by atoms with Gasteiger partial charge in [-0.1, -0.05) is 0 Å². The predicted octanol–water partition coefficient (Wildman–Crippen LogP) is 2.49. The van der Waals surface area contributed by atoms with E-state index in [9.17, 15) is 4.79 Å². The largest absolute Gasteiger partial charge is 0.355 e. The first-order valence-corrected chi connectivity index (χ1v) is 8.99. The third-order valence-corrected chi connectivity index (χ3v) is 5.25. The summed E-state index contributed by atoms with van der Waals surface area (Å²) < 4.78 is 0. The molecule has 0 N–H and O–H groups in total. The molecule has 6 heteroatoms. The lowest BCUT2D eigenvalue weighted by Crippen LogP contribution is -2.46. The van der Waals surface area contributed by atoms with Crippen LogP contribution in [0, 0.1) is 0 Å². The van der Waals surface area contributed by atoms with Crippen LogP contribution in [-0.2, 0) is 0 Å². The van der Waals surface area contributed by atoms with Crippen LogP contribution in [0.25, 0.3) is 0 Å². The van der Waals surface area contributed by atoms with Gasteiger partial charge in [0.25, 0.3) is 5.91 Å². The molecule has 2 aromatic rings. The highest BCUT2D eigenvalue weighted by Gasteiger charge is 2.32. The Morgan fingerprint density at radius 1 is 1.12 bits per heavy atom. The zero-order valence-electron chi connectivity index (χ0n) is 14.5. The summed E-state index contributed by atoms with van der Waals surface area (Å²) in [5, 5.41) is 8.13. The average Bonchev–Trinajstić information content (AvgIpc) is 3.53. The lowest BCUT2D eigenvalue weighted by molar-refractivity contribution is 0.0711. The number of likely N-dealkylation sites (tertiary alicyclic amines) is 1. The van der Waals surface area contributed by atoms with Crippen molar-refractivity contribution in [1.29, 1.82) is 0 Å². The first-order chi connectivity index (χ1) is 12.2. The van der Waals surface area contributed by atoms with Gasteiger partial charge in [-0.05, 0) is 49.9 Å². The van der Waals surface area contributed by atoms with E-state index in [1.165, 1.54) is 0 Å². The molecule has 1 saturated carbocycles. The van der Waals surface area contributed by atoms with Gasteiger partial charge in [0.05, 0.1) is 11.3 Å². The second-order valence-electron chi connectivity index (χ2n) is 6.93. The number of hydrogen-bond donors (Lipinski definition) is 0. The standard InChI is InChI=1S/C19H23N5O/c1-23(17-5-3-11-21-22-17)15-8-12-24(13-9-15)19(25)16-4-2-10-20-18(16)14-6-7-14/h2-5,10-11,14-15H,6-9,12-13H2,1H3. The van der Waals surface area contributed by atoms with Gasteiger partial charge in [0, 0.05) is 44.5 Å². The van der Waals surface area contributed by atoms with Gasteiger partial charge >= 0.3 is 0 Å². The molecule has 130 valence electrons. The number of amides is 1. The van der Waals surface area contributed by atoms with E-state index in [-0.39, 0.29) is 5.91 Å². The normalized spacial score (nSPS) is 18.2. The molecule has 25 heavy (non-hydrogen) atoms. The molecule has 1 aliphatic heterocycles. The van der Waals surface area contributed by atoms with Crippen molar-refractivity contribution < 1.29 is 4.79 Å². The smallest absolute Gasteiger partial charge is 0.255 e. The molecular formula is C19H23N5O. The maximum atomic E-state index is 12.9. The zero-order valence-corrected chi connectivity index (χ0v) is 14.5. The minimum absolute atomic E-state index is 0.135. The molecule has 0 atom stereocenters. The van der Waals surface area contributed by atoms with Gasteiger partial charge in [-0.2, -0.15) is 5.10 Å². The highest BCUT2D eigenvalue weighted by Crippen LogP contribution is 2.40. The van der Waals surface area contributed by atoms with Crippen LogP contribution < -0.4 is 4.90 Å². The van der Waals surface area contributed by atoms with Gasteiger partial charge in [0.2, 0.25) is 0 Å². The van der Waals surface area contributed by atoms with Crippen LogP contribution >= 0.6 is 0 Å². The van der Waals surface area contributed by atoms with E-state index in [1.54, 1.807) is 12.4 Å². The first kappa shape index (κ1) is 16.0. The van der Waals surface area contributed by atoms with Crippen molar-refractivity contribution in [2.75, 3.05) is 25.0 Å². The Bertz CT molecular complexity index is 738. The minimum atomic E-state index is 0.135. The molecule has 0 radical (unpaired) electrons. The fourth-order valence-electron chi connectivity index (χ4n) is 3.58. The summed E-state index contributed by atoms with van der Waals surface area (Å²) >= 11 is 0. The maximum Gasteiger partial charge on any atom is 0.255 e. The van der Waals surface area contributed by atoms with Crippen LogP contribution in [0.1, 0.15) is 47.7 Å². The highest BCUT2D eigenvalue weighted by atomic mass is 16.2. The number of anilines is 1. The van der Waals surface area contributed by atoms with Crippen molar-refractivity contribution in [3.05, 3.63) is 47.9 Å². The Balaban J connectivity index is 1.41. The predicted molar refractivity (Wildman–Crippen MR) is 95.6 cm³/mol. The Hall–Kier alpha value is -2.50. The number of hydrogen-bond acceptors (Lipinski definition) is 5. The lowest BCUT2D eigenvalue weighted by Gasteiger charge is -2.37. The average molecular weight is 337 g/mol. The van der Waals surface area contributed by atoms with Crippen LogP contribution in [0.2, 0.25) is 0 Å². The molecule has 0 bridgehead atoms. The second-order valence-corrected chi connectivity index (χ2v) is 6.93. The number of aromatic nitrogens is 3. The Labute approximate surface area is 147 Å². The molecule has 3 heterocycles. The molecule has 2 aromatic heterocycles. The highest BCUT2D eigenvalue weighted by molar-refractivity contribution is 5.95. The van der Waals surface area contributed by atoms with Crippen LogP contribution in [0.3, 0.4) is 0 Å².